The summed E-state index contributed by atoms with van der Waals surface area (Å²) in [6.07, 6.45) is -0.980. The fourth-order valence-corrected chi connectivity index (χ4v) is 2.87. The Morgan fingerprint density at radius 2 is 1.39 bits per heavy atom. The Labute approximate surface area is 119 Å². The van der Waals surface area contributed by atoms with Gasteiger partial charge in [-0.2, -0.15) is 0 Å². The molecule has 0 amide bonds. The molecule has 1 heterocycles. The van der Waals surface area contributed by atoms with E-state index in [4.69, 9.17) is 0 Å². The van der Waals surface area contributed by atoms with Crippen LogP contribution in [0.3, 0.4) is 0 Å². The summed E-state index contributed by atoms with van der Waals surface area (Å²) in [5.74, 6) is 0. The zero-order valence-electron chi connectivity index (χ0n) is 9.02. The van der Waals surface area contributed by atoms with Crippen LogP contribution in [-0.4, -0.2) is 15.8 Å². The number of benzene rings is 2. The lowest BCUT2D eigenvalue weighted by molar-refractivity contribution is 0.198. The van der Waals surface area contributed by atoms with Crippen molar-refractivity contribution in [2.75, 3.05) is 0 Å². The molecule has 0 radical (unpaired) electrons. The van der Waals surface area contributed by atoms with E-state index < -0.39 is 6.09 Å². The molecular weight excluding hydrogens is 362 g/mol. The van der Waals surface area contributed by atoms with Gasteiger partial charge in [-0.3, -0.25) is 0 Å². The van der Waals surface area contributed by atoms with E-state index in [1.54, 1.807) is 0 Å². The minimum Gasteiger partial charge on any atom is -0.464 e. The molecule has 0 spiro atoms. The number of nitrogens with zero attached hydrogens (tertiary/aromatic N) is 1. The molecule has 0 fully saturated rings. The average Bonchev–Trinajstić information content (AvgIpc) is 2.60. The van der Waals surface area contributed by atoms with Gasteiger partial charge in [0.1, 0.15) is 0 Å². The van der Waals surface area contributed by atoms with E-state index >= 15 is 0 Å². The molecule has 1 N–H and O–H groups in total. The normalized spacial score (nSPS) is 11.2. The molecule has 0 unspecified atom stereocenters. The van der Waals surface area contributed by atoms with Gasteiger partial charge in [0, 0.05) is 19.7 Å². The maximum absolute atomic E-state index is 11.4. The van der Waals surface area contributed by atoms with E-state index in [9.17, 15) is 9.90 Å². The average molecular weight is 369 g/mol. The number of rotatable bonds is 0. The molecular formula is C13H7Br2NO2. The zero-order chi connectivity index (χ0) is 12.9. The van der Waals surface area contributed by atoms with Gasteiger partial charge < -0.3 is 5.11 Å². The van der Waals surface area contributed by atoms with Crippen LogP contribution in [0, 0.1) is 0 Å². The van der Waals surface area contributed by atoms with Gasteiger partial charge in [-0.15, -0.1) is 0 Å². The minimum atomic E-state index is -0.980. The Kier molecular flexibility index (Phi) is 2.68. The predicted octanol–water partition coefficient (Wildman–Crippen LogP) is 4.85. The highest BCUT2D eigenvalue weighted by Gasteiger charge is 2.15. The summed E-state index contributed by atoms with van der Waals surface area (Å²) in [5, 5.41) is 11.3. The molecule has 0 saturated heterocycles. The molecule has 3 aromatic rings. The third-order valence-corrected chi connectivity index (χ3v) is 3.87. The molecule has 0 bridgehead atoms. The fourth-order valence-electron chi connectivity index (χ4n) is 2.17. The smallest absolute Gasteiger partial charge is 0.416 e. The minimum absolute atomic E-state index is 0.685. The first-order chi connectivity index (χ1) is 8.58. The van der Waals surface area contributed by atoms with Crippen molar-refractivity contribution < 1.29 is 9.90 Å². The molecule has 1 aromatic heterocycles. The highest BCUT2D eigenvalue weighted by molar-refractivity contribution is 9.10. The first-order valence-electron chi connectivity index (χ1n) is 5.20. The third kappa shape index (κ3) is 1.66. The van der Waals surface area contributed by atoms with Crippen LogP contribution >= 0.6 is 31.9 Å². The van der Waals surface area contributed by atoms with Crippen LogP contribution in [0.4, 0.5) is 4.79 Å². The molecule has 90 valence electrons. The zero-order valence-corrected chi connectivity index (χ0v) is 12.2. The monoisotopic (exact) mass is 367 g/mol. The Balaban J connectivity index is 2.60. The molecule has 0 atom stereocenters. The fraction of sp³-hybridized carbons (Fsp3) is 0. The van der Waals surface area contributed by atoms with Crippen molar-refractivity contribution in [3.8, 4) is 0 Å². The van der Waals surface area contributed by atoms with E-state index in [1.165, 1.54) is 4.57 Å². The van der Waals surface area contributed by atoms with E-state index in [0.717, 1.165) is 19.7 Å². The summed E-state index contributed by atoms with van der Waals surface area (Å²) in [4.78, 5) is 11.4. The number of hydrogen-bond donors (Lipinski definition) is 1. The van der Waals surface area contributed by atoms with Gasteiger partial charge in [-0.05, 0) is 24.3 Å². The van der Waals surface area contributed by atoms with Crippen molar-refractivity contribution in [3.05, 3.63) is 45.3 Å². The lowest BCUT2D eigenvalue weighted by Gasteiger charge is -2.00. The van der Waals surface area contributed by atoms with E-state index in [0.29, 0.717) is 11.0 Å². The molecule has 0 aliphatic rings. The van der Waals surface area contributed by atoms with Crippen LogP contribution in [0.25, 0.3) is 21.8 Å². The van der Waals surface area contributed by atoms with Gasteiger partial charge in [0.05, 0.1) is 11.0 Å². The van der Waals surface area contributed by atoms with Gasteiger partial charge in [0.25, 0.3) is 0 Å². The number of fused-ring (bicyclic) bond motifs is 3. The molecule has 18 heavy (non-hydrogen) atoms. The van der Waals surface area contributed by atoms with Crippen molar-refractivity contribution in [1.29, 1.82) is 0 Å². The molecule has 3 rings (SSSR count). The third-order valence-electron chi connectivity index (χ3n) is 2.88. The summed E-state index contributed by atoms with van der Waals surface area (Å²) in [7, 11) is 0. The highest BCUT2D eigenvalue weighted by atomic mass is 79.9. The van der Waals surface area contributed by atoms with Crippen LogP contribution in [0.1, 0.15) is 0 Å². The van der Waals surface area contributed by atoms with Crippen LogP contribution in [-0.2, 0) is 0 Å². The van der Waals surface area contributed by atoms with Gasteiger partial charge in [0.15, 0.2) is 0 Å². The molecule has 0 saturated carbocycles. The van der Waals surface area contributed by atoms with Crippen LogP contribution in [0.15, 0.2) is 45.3 Å². The lowest BCUT2D eigenvalue weighted by atomic mass is 10.2. The maximum atomic E-state index is 11.4. The van der Waals surface area contributed by atoms with Crippen molar-refractivity contribution in [2.45, 2.75) is 0 Å². The van der Waals surface area contributed by atoms with Crippen molar-refractivity contribution in [1.82, 2.24) is 4.57 Å². The Morgan fingerprint density at radius 3 is 1.78 bits per heavy atom. The molecule has 0 aliphatic carbocycles. The molecule has 3 nitrogen and oxygen atoms in total. The van der Waals surface area contributed by atoms with Crippen LogP contribution in [0.5, 0.6) is 0 Å². The highest BCUT2D eigenvalue weighted by Crippen LogP contribution is 2.32. The van der Waals surface area contributed by atoms with Gasteiger partial charge >= 0.3 is 6.09 Å². The second-order valence-corrected chi connectivity index (χ2v) is 5.77. The maximum Gasteiger partial charge on any atom is 0.416 e. The molecule has 5 heteroatoms. The lowest BCUT2D eigenvalue weighted by Crippen LogP contribution is -2.06. The summed E-state index contributed by atoms with van der Waals surface area (Å²) in [6.45, 7) is 0. The summed E-state index contributed by atoms with van der Waals surface area (Å²) in [5.41, 5.74) is 1.37. The second-order valence-electron chi connectivity index (χ2n) is 3.94. The van der Waals surface area contributed by atoms with Crippen LogP contribution < -0.4 is 0 Å². The summed E-state index contributed by atoms with van der Waals surface area (Å²) in [6, 6.07) is 11.3. The van der Waals surface area contributed by atoms with Gasteiger partial charge in [-0.1, -0.05) is 44.0 Å². The van der Waals surface area contributed by atoms with E-state index in [2.05, 4.69) is 31.9 Å². The van der Waals surface area contributed by atoms with Gasteiger partial charge in [0.2, 0.25) is 0 Å². The number of carbonyl (C=O) groups is 1. The Bertz CT molecular complexity index is 733. The van der Waals surface area contributed by atoms with Crippen LogP contribution in [0.2, 0.25) is 0 Å². The molecule has 0 aliphatic heterocycles. The number of hydrogen-bond acceptors (Lipinski definition) is 1. The SMILES string of the molecule is O=C(O)n1c2cc(Br)ccc2c2ccc(Br)cc21. The summed E-state index contributed by atoms with van der Waals surface area (Å²) < 4.78 is 3.03. The largest absolute Gasteiger partial charge is 0.464 e. The number of aromatic nitrogens is 1. The van der Waals surface area contributed by atoms with Crippen molar-refractivity contribution >= 4 is 59.8 Å². The van der Waals surface area contributed by atoms with E-state index in [-0.39, 0.29) is 0 Å². The van der Waals surface area contributed by atoms with Crippen molar-refractivity contribution in [2.24, 2.45) is 0 Å². The predicted molar refractivity (Wildman–Crippen MR) is 78.3 cm³/mol. The Hall–Kier alpha value is -1.33. The van der Waals surface area contributed by atoms with Gasteiger partial charge in [-0.25, -0.2) is 9.36 Å². The standard InChI is InChI=1S/C13H7Br2NO2/c14-7-1-3-9-10-4-2-8(15)6-12(10)16(13(17)18)11(9)5-7/h1-6H,(H,17,18). The van der Waals surface area contributed by atoms with Crippen molar-refractivity contribution in [3.63, 3.8) is 0 Å². The first kappa shape index (κ1) is 11.7. The molecule has 2 aromatic carbocycles. The first-order valence-corrected chi connectivity index (χ1v) is 6.79. The Morgan fingerprint density at radius 1 is 0.944 bits per heavy atom. The number of carboxylic acid groups (broad SMARTS) is 1. The summed E-state index contributed by atoms with van der Waals surface area (Å²) >= 11 is 6.74. The number of halogens is 2. The quantitative estimate of drug-likeness (QED) is 0.616. The van der Waals surface area contributed by atoms with E-state index in [1.807, 2.05) is 36.4 Å². The topological polar surface area (TPSA) is 42.2 Å². The second kappa shape index (κ2) is 4.10.